The molecule has 0 radical (unpaired) electrons. The molecule has 4 nitrogen and oxygen atoms in total. The van der Waals surface area contributed by atoms with E-state index in [2.05, 4.69) is 17.1 Å². The summed E-state index contributed by atoms with van der Waals surface area (Å²) in [7, 11) is 1.67. The lowest BCUT2D eigenvalue weighted by Gasteiger charge is -2.10. The van der Waals surface area contributed by atoms with Crippen LogP contribution >= 0.6 is 0 Å². The van der Waals surface area contributed by atoms with Crippen molar-refractivity contribution in [2.75, 3.05) is 7.11 Å². The third-order valence-electron chi connectivity index (χ3n) is 4.29. The van der Waals surface area contributed by atoms with Crippen molar-refractivity contribution in [3.05, 3.63) is 52.8 Å². The molecule has 1 aliphatic rings. The highest BCUT2D eigenvalue weighted by atomic mass is 16.5. The Morgan fingerprint density at radius 3 is 2.81 bits per heavy atom. The lowest BCUT2D eigenvalue weighted by atomic mass is 9.95. The number of carbonyl (C=O) groups is 1. The van der Waals surface area contributed by atoms with Crippen molar-refractivity contribution in [2.45, 2.75) is 31.6 Å². The van der Waals surface area contributed by atoms with Crippen LogP contribution in [0.25, 0.3) is 0 Å². The van der Waals surface area contributed by atoms with E-state index in [9.17, 15) is 4.79 Å². The molecule has 1 unspecified atom stereocenters. The summed E-state index contributed by atoms with van der Waals surface area (Å²) in [6, 6.07) is 9.95. The van der Waals surface area contributed by atoms with Crippen molar-refractivity contribution in [2.24, 2.45) is 0 Å². The summed E-state index contributed by atoms with van der Waals surface area (Å²) in [5.74, 6) is 0.461. The number of ether oxygens (including phenoxy) is 1. The van der Waals surface area contributed by atoms with Gasteiger partial charge in [0.05, 0.1) is 7.11 Å². The van der Waals surface area contributed by atoms with E-state index < -0.39 is 5.97 Å². The third kappa shape index (κ3) is 2.79. The van der Waals surface area contributed by atoms with Gasteiger partial charge in [-0.3, -0.25) is 0 Å². The number of hydrogen-bond donors (Lipinski definition) is 2. The maximum absolute atomic E-state index is 11.0. The molecule has 0 aliphatic heterocycles. The van der Waals surface area contributed by atoms with Gasteiger partial charge in [0.25, 0.3) is 0 Å². The minimum absolute atomic E-state index is 0.314. The smallest absolute Gasteiger partial charge is 0.352 e. The zero-order chi connectivity index (χ0) is 14.8. The van der Waals surface area contributed by atoms with Crippen LogP contribution in [0.4, 0.5) is 0 Å². The first-order valence-corrected chi connectivity index (χ1v) is 7.25. The highest BCUT2D eigenvalue weighted by Gasteiger charge is 2.26. The van der Waals surface area contributed by atoms with Gasteiger partial charge in [-0.05, 0) is 60.9 Å². The number of hydrogen-bond acceptors (Lipinski definition) is 2. The van der Waals surface area contributed by atoms with Gasteiger partial charge in [-0.2, -0.15) is 0 Å². The summed E-state index contributed by atoms with van der Waals surface area (Å²) < 4.78 is 5.16. The van der Waals surface area contributed by atoms with Crippen LogP contribution in [-0.4, -0.2) is 23.2 Å². The maximum atomic E-state index is 11.0. The van der Waals surface area contributed by atoms with Crippen molar-refractivity contribution < 1.29 is 14.6 Å². The Labute approximate surface area is 123 Å². The number of carboxylic acids is 1. The fourth-order valence-corrected chi connectivity index (χ4v) is 3.11. The highest BCUT2D eigenvalue weighted by molar-refractivity contribution is 5.86. The molecule has 0 saturated heterocycles. The summed E-state index contributed by atoms with van der Waals surface area (Å²) in [4.78, 5) is 14.0. The molecule has 1 aliphatic carbocycles. The van der Waals surface area contributed by atoms with Gasteiger partial charge >= 0.3 is 5.97 Å². The van der Waals surface area contributed by atoms with Gasteiger partial charge in [0.1, 0.15) is 11.4 Å². The largest absolute Gasteiger partial charge is 0.497 e. The SMILES string of the molecule is COc1ccc(CCC2CCc3[nH]c(C(=O)O)cc32)cc1. The van der Waals surface area contributed by atoms with Crippen molar-refractivity contribution in [1.29, 1.82) is 0 Å². The molecule has 1 atom stereocenters. The fourth-order valence-electron chi connectivity index (χ4n) is 3.11. The Kier molecular flexibility index (Phi) is 3.69. The number of benzene rings is 1. The van der Waals surface area contributed by atoms with Crippen LogP contribution in [0.2, 0.25) is 0 Å². The predicted molar refractivity (Wildman–Crippen MR) is 80.1 cm³/mol. The third-order valence-corrected chi connectivity index (χ3v) is 4.29. The topological polar surface area (TPSA) is 62.3 Å². The molecule has 3 rings (SSSR count). The van der Waals surface area contributed by atoms with Crippen molar-refractivity contribution in [3.63, 3.8) is 0 Å². The van der Waals surface area contributed by atoms with Gasteiger partial charge in [-0.25, -0.2) is 4.79 Å². The number of methoxy groups -OCH3 is 1. The van der Waals surface area contributed by atoms with Gasteiger partial charge in [-0.15, -0.1) is 0 Å². The molecular weight excluding hydrogens is 266 g/mol. The van der Waals surface area contributed by atoms with Crippen molar-refractivity contribution in [3.8, 4) is 5.75 Å². The molecule has 1 aromatic carbocycles. The van der Waals surface area contributed by atoms with E-state index in [1.807, 2.05) is 18.2 Å². The normalized spacial score (nSPS) is 16.7. The summed E-state index contributed by atoms with van der Waals surface area (Å²) in [5, 5.41) is 9.04. The fraction of sp³-hybridized carbons (Fsp3) is 0.353. The molecule has 21 heavy (non-hydrogen) atoms. The first-order chi connectivity index (χ1) is 10.2. The molecule has 1 aromatic heterocycles. The second kappa shape index (κ2) is 5.64. The summed E-state index contributed by atoms with van der Waals surface area (Å²) in [6.07, 6.45) is 4.12. The van der Waals surface area contributed by atoms with Gasteiger partial charge in [0.15, 0.2) is 0 Å². The maximum Gasteiger partial charge on any atom is 0.352 e. The monoisotopic (exact) mass is 285 g/mol. The number of aromatic nitrogens is 1. The van der Waals surface area contributed by atoms with E-state index in [1.54, 1.807) is 7.11 Å². The van der Waals surface area contributed by atoms with E-state index in [0.717, 1.165) is 37.1 Å². The van der Waals surface area contributed by atoms with E-state index >= 15 is 0 Å². The number of rotatable bonds is 5. The lowest BCUT2D eigenvalue weighted by Crippen LogP contribution is -1.99. The molecule has 2 N–H and O–H groups in total. The van der Waals surface area contributed by atoms with E-state index in [1.165, 1.54) is 11.1 Å². The Balaban J connectivity index is 1.66. The zero-order valence-corrected chi connectivity index (χ0v) is 12.1. The predicted octanol–water partition coefficient (Wildman–Crippen LogP) is 3.38. The van der Waals surface area contributed by atoms with E-state index in [4.69, 9.17) is 9.84 Å². The average molecular weight is 285 g/mol. The Hall–Kier alpha value is -2.23. The molecule has 0 saturated carbocycles. The molecular formula is C17H19NO3. The summed E-state index contributed by atoms with van der Waals surface area (Å²) in [5.41, 5.74) is 3.90. The quantitative estimate of drug-likeness (QED) is 0.885. The summed E-state index contributed by atoms with van der Waals surface area (Å²) >= 11 is 0. The second-order valence-corrected chi connectivity index (χ2v) is 5.54. The van der Waals surface area contributed by atoms with Crippen LogP contribution in [0.15, 0.2) is 30.3 Å². The van der Waals surface area contributed by atoms with Gasteiger partial charge in [0.2, 0.25) is 0 Å². The van der Waals surface area contributed by atoms with Crippen LogP contribution in [0, 0.1) is 0 Å². The number of H-pyrrole nitrogens is 1. The van der Waals surface area contributed by atoms with Crippen LogP contribution in [0.3, 0.4) is 0 Å². The van der Waals surface area contributed by atoms with Crippen molar-refractivity contribution >= 4 is 5.97 Å². The molecule has 0 amide bonds. The molecule has 4 heteroatoms. The second-order valence-electron chi connectivity index (χ2n) is 5.54. The first kappa shape index (κ1) is 13.7. The number of aromatic carboxylic acids is 1. The molecule has 0 bridgehead atoms. The van der Waals surface area contributed by atoms with E-state index in [0.29, 0.717) is 11.6 Å². The van der Waals surface area contributed by atoms with Crippen LogP contribution in [0.1, 0.15) is 46.1 Å². The molecule has 110 valence electrons. The number of nitrogens with one attached hydrogen (secondary N) is 1. The molecule has 0 fully saturated rings. The van der Waals surface area contributed by atoms with Crippen LogP contribution in [-0.2, 0) is 12.8 Å². The Morgan fingerprint density at radius 1 is 1.38 bits per heavy atom. The van der Waals surface area contributed by atoms with Crippen LogP contribution in [0.5, 0.6) is 5.75 Å². The lowest BCUT2D eigenvalue weighted by molar-refractivity contribution is 0.0691. The number of carboxylic acid groups (broad SMARTS) is 1. The molecule has 2 aromatic rings. The Bertz CT molecular complexity index is 643. The average Bonchev–Trinajstić information content (AvgIpc) is 3.06. The van der Waals surface area contributed by atoms with Gasteiger partial charge in [-0.1, -0.05) is 12.1 Å². The summed E-state index contributed by atoms with van der Waals surface area (Å²) in [6.45, 7) is 0. The van der Waals surface area contributed by atoms with Crippen molar-refractivity contribution in [1.82, 2.24) is 4.98 Å². The van der Waals surface area contributed by atoms with Crippen LogP contribution < -0.4 is 4.74 Å². The minimum atomic E-state index is -0.877. The number of fused-ring (bicyclic) bond motifs is 1. The first-order valence-electron chi connectivity index (χ1n) is 7.25. The zero-order valence-electron chi connectivity index (χ0n) is 12.1. The number of aryl methyl sites for hydroxylation is 2. The standard InChI is InChI=1S/C17H19NO3/c1-21-13-7-3-11(4-8-13)2-5-12-6-9-15-14(12)10-16(18-15)17(19)20/h3-4,7-8,10,12,18H,2,5-6,9H2,1H3,(H,19,20). The molecule has 1 heterocycles. The minimum Gasteiger partial charge on any atom is -0.497 e. The van der Waals surface area contributed by atoms with Gasteiger partial charge in [0, 0.05) is 5.69 Å². The van der Waals surface area contributed by atoms with E-state index in [-0.39, 0.29) is 0 Å². The highest BCUT2D eigenvalue weighted by Crippen LogP contribution is 2.36. The van der Waals surface area contributed by atoms with Gasteiger partial charge < -0.3 is 14.8 Å². The molecule has 0 spiro atoms. The Morgan fingerprint density at radius 2 is 2.14 bits per heavy atom. The number of aromatic amines is 1.